The van der Waals surface area contributed by atoms with Crippen LogP contribution in [-0.4, -0.2) is 22.0 Å². The molecule has 0 unspecified atom stereocenters. The average molecular weight is 210 g/mol. The summed E-state index contributed by atoms with van der Waals surface area (Å²) < 4.78 is 12.8. The lowest BCUT2D eigenvalue weighted by molar-refractivity contribution is -0.113. The summed E-state index contributed by atoms with van der Waals surface area (Å²) in [4.78, 5) is 24.1. The number of aromatic nitrogens is 1. The Kier molecular flexibility index (Phi) is 3.12. The number of carbonyl (C=O) groups excluding carboxylic acids is 1. The van der Waals surface area contributed by atoms with Crippen LogP contribution in [0.15, 0.2) is 18.3 Å². The van der Waals surface area contributed by atoms with E-state index in [-0.39, 0.29) is 5.56 Å². The molecule has 0 saturated heterocycles. The molecule has 15 heavy (non-hydrogen) atoms. The Balaban J connectivity index is 3.08. The molecule has 78 valence electrons. The topological polar surface area (TPSA) is 93.3 Å². The quantitative estimate of drug-likeness (QED) is 0.558. The molecule has 0 aliphatic heterocycles. The number of nitrogens with two attached hydrogens (primary N) is 1. The standard InChI is InChI=1S/C9H7FN2O3/c10-8-6(9(14)15)3-5(4-12-8)1-2-7(11)13/h1-4H,(H2,11,13)(H,14,15). The smallest absolute Gasteiger partial charge is 0.340 e. The molecule has 5 nitrogen and oxygen atoms in total. The van der Waals surface area contributed by atoms with Crippen molar-refractivity contribution in [2.24, 2.45) is 5.73 Å². The van der Waals surface area contributed by atoms with Crippen LogP contribution in [0.25, 0.3) is 6.08 Å². The van der Waals surface area contributed by atoms with Crippen molar-refractivity contribution in [1.82, 2.24) is 4.98 Å². The van der Waals surface area contributed by atoms with Gasteiger partial charge in [0.2, 0.25) is 11.9 Å². The van der Waals surface area contributed by atoms with Crippen molar-refractivity contribution in [3.63, 3.8) is 0 Å². The maximum Gasteiger partial charge on any atom is 0.340 e. The number of halogens is 1. The van der Waals surface area contributed by atoms with Gasteiger partial charge in [-0.25, -0.2) is 9.78 Å². The average Bonchev–Trinajstić information content (AvgIpc) is 2.16. The van der Waals surface area contributed by atoms with E-state index in [0.29, 0.717) is 0 Å². The van der Waals surface area contributed by atoms with Crippen LogP contribution in [0.2, 0.25) is 0 Å². The van der Waals surface area contributed by atoms with Gasteiger partial charge in [-0.05, 0) is 17.7 Å². The Morgan fingerprint density at radius 2 is 2.20 bits per heavy atom. The summed E-state index contributed by atoms with van der Waals surface area (Å²) in [6.07, 6.45) is 3.38. The van der Waals surface area contributed by atoms with E-state index in [1.54, 1.807) is 0 Å². The zero-order chi connectivity index (χ0) is 11.4. The summed E-state index contributed by atoms with van der Waals surface area (Å²) in [5, 5.41) is 8.57. The van der Waals surface area contributed by atoms with E-state index in [9.17, 15) is 14.0 Å². The molecule has 0 fully saturated rings. The molecular formula is C9H7FN2O3. The molecule has 0 atom stereocenters. The Hall–Kier alpha value is -2.24. The van der Waals surface area contributed by atoms with E-state index in [2.05, 4.69) is 4.98 Å². The predicted octanol–water partition coefficient (Wildman–Crippen LogP) is 0.417. The number of aromatic carboxylic acids is 1. The van der Waals surface area contributed by atoms with E-state index in [4.69, 9.17) is 10.8 Å². The lowest BCUT2D eigenvalue weighted by Gasteiger charge is -1.97. The van der Waals surface area contributed by atoms with Crippen molar-refractivity contribution in [2.75, 3.05) is 0 Å². The molecule has 0 radical (unpaired) electrons. The summed E-state index contributed by atoms with van der Waals surface area (Å²) in [7, 11) is 0. The number of pyridine rings is 1. The van der Waals surface area contributed by atoms with Crippen LogP contribution in [0, 0.1) is 5.95 Å². The zero-order valence-electron chi connectivity index (χ0n) is 7.48. The van der Waals surface area contributed by atoms with E-state index in [1.807, 2.05) is 0 Å². The van der Waals surface area contributed by atoms with Crippen LogP contribution in [-0.2, 0) is 4.79 Å². The van der Waals surface area contributed by atoms with Crippen LogP contribution < -0.4 is 5.73 Å². The number of carboxylic acid groups (broad SMARTS) is 1. The fourth-order valence-electron chi connectivity index (χ4n) is 0.884. The van der Waals surface area contributed by atoms with Gasteiger partial charge in [-0.2, -0.15) is 4.39 Å². The minimum absolute atomic E-state index is 0.285. The Morgan fingerprint density at radius 1 is 1.53 bits per heavy atom. The Morgan fingerprint density at radius 3 is 2.73 bits per heavy atom. The van der Waals surface area contributed by atoms with Gasteiger partial charge in [0.1, 0.15) is 5.56 Å². The van der Waals surface area contributed by atoms with E-state index < -0.39 is 23.4 Å². The minimum Gasteiger partial charge on any atom is -0.478 e. The monoisotopic (exact) mass is 210 g/mol. The minimum atomic E-state index is -1.42. The molecule has 0 aromatic carbocycles. The van der Waals surface area contributed by atoms with Crippen LogP contribution in [0.3, 0.4) is 0 Å². The molecule has 0 aliphatic rings. The van der Waals surface area contributed by atoms with E-state index in [0.717, 1.165) is 18.3 Å². The molecule has 1 amide bonds. The van der Waals surface area contributed by atoms with Crippen LogP contribution in [0.1, 0.15) is 15.9 Å². The molecule has 0 saturated carbocycles. The fourth-order valence-corrected chi connectivity index (χ4v) is 0.884. The van der Waals surface area contributed by atoms with Gasteiger partial charge >= 0.3 is 5.97 Å². The van der Waals surface area contributed by atoms with Crippen molar-refractivity contribution in [2.45, 2.75) is 0 Å². The van der Waals surface area contributed by atoms with Gasteiger partial charge in [0.15, 0.2) is 0 Å². The van der Waals surface area contributed by atoms with E-state index in [1.165, 1.54) is 6.08 Å². The second-order valence-electron chi connectivity index (χ2n) is 2.65. The highest BCUT2D eigenvalue weighted by atomic mass is 19.1. The first-order chi connectivity index (χ1) is 7.00. The van der Waals surface area contributed by atoms with Crippen molar-refractivity contribution in [3.05, 3.63) is 35.4 Å². The molecule has 1 aromatic heterocycles. The van der Waals surface area contributed by atoms with Crippen molar-refractivity contribution < 1.29 is 19.1 Å². The second kappa shape index (κ2) is 4.32. The molecule has 0 spiro atoms. The van der Waals surface area contributed by atoms with Gasteiger partial charge in [0, 0.05) is 12.3 Å². The lowest BCUT2D eigenvalue weighted by Crippen LogP contribution is -2.06. The highest BCUT2D eigenvalue weighted by Gasteiger charge is 2.11. The number of nitrogens with zero attached hydrogens (tertiary/aromatic N) is 1. The van der Waals surface area contributed by atoms with Crippen LogP contribution >= 0.6 is 0 Å². The summed E-state index contributed by atoms with van der Waals surface area (Å²) >= 11 is 0. The van der Waals surface area contributed by atoms with Gasteiger partial charge in [0.05, 0.1) is 0 Å². The summed E-state index contributed by atoms with van der Waals surface area (Å²) in [6, 6.07) is 1.06. The molecule has 0 bridgehead atoms. The largest absolute Gasteiger partial charge is 0.478 e. The normalized spacial score (nSPS) is 10.5. The zero-order valence-corrected chi connectivity index (χ0v) is 7.48. The number of hydrogen-bond acceptors (Lipinski definition) is 3. The van der Waals surface area contributed by atoms with Gasteiger partial charge in [-0.1, -0.05) is 0 Å². The van der Waals surface area contributed by atoms with Gasteiger partial charge in [-0.3, -0.25) is 4.79 Å². The van der Waals surface area contributed by atoms with Crippen LogP contribution in [0.5, 0.6) is 0 Å². The third kappa shape index (κ3) is 2.87. The third-order valence-corrected chi connectivity index (χ3v) is 1.53. The molecule has 1 heterocycles. The highest BCUT2D eigenvalue weighted by Crippen LogP contribution is 2.08. The molecule has 0 aliphatic carbocycles. The van der Waals surface area contributed by atoms with Gasteiger partial charge < -0.3 is 10.8 Å². The number of amides is 1. The Bertz CT molecular complexity index is 443. The van der Waals surface area contributed by atoms with Crippen molar-refractivity contribution in [1.29, 1.82) is 0 Å². The van der Waals surface area contributed by atoms with E-state index >= 15 is 0 Å². The number of primary amides is 1. The maximum atomic E-state index is 12.8. The van der Waals surface area contributed by atoms with Gasteiger partial charge in [-0.15, -0.1) is 0 Å². The molecular weight excluding hydrogens is 203 g/mol. The number of hydrogen-bond donors (Lipinski definition) is 2. The lowest BCUT2D eigenvalue weighted by atomic mass is 10.2. The number of carbonyl (C=O) groups is 2. The van der Waals surface area contributed by atoms with Crippen molar-refractivity contribution in [3.8, 4) is 0 Å². The first kappa shape index (κ1) is 10.8. The fraction of sp³-hybridized carbons (Fsp3) is 0. The van der Waals surface area contributed by atoms with Crippen LogP contribution in [0.4, 0.5) is 4.39 Å². The Labute approximate surface area is 84.0 Å². The predicted molar refractivity (Wildman–Crippen MR) is 49.4 cm³/mol. The van der Waals surface area contributed by atoms with Crippen molar-refractivity contribution >= 4 is 18.0 Å². The molecule has 1 rings (SSSR count). The third-order valence-electron chi connectivity index (χ3n) is 1.53. The highest BCUT2D eigenvalue weighted by molar-refractivity contribution is 5.91. The second-order valence-corrected chi connectivity index (χ2v) is 2.65. The molecule has 6 heteroatoms. The first-order valence-electron chi connectivity index (χ1n) is 3.87. The number of carboxylic acids is 1. The van der Waals surface area contributed by atoms with Gasteiger partial charge in [0.25, 0.3) is 0 Å². The maximum absolute atomic E-state index is 12.8. The molecule has 1 aromatic rings. The first-order valence-corrected chi connectivity index (χ1v) is 3.87. The summed E-state index contributed by atoms with van der Waals surface area (Å²) in [6.45, 7) is 0. The number of rotatable bonds is 3. The SMILES string of the molecule is NC(=O)C=Cc1cnc(F)c(C(=O)O)c1. The summed E-state index contributed by atoms with van der Waals surface area (Å²) in [5.74, 6) is -3.18. The summed E-state index contributed by atoms with van der Waals surface area (Å²) in [5.41, 5.74) is 4.56. The molecule has 3 N–H and O–H groups in total.